The minimum absolute atomic E-state index is 0.0157. The van der Waals surface area contributed by atoms with Gasteiger partial charge in [0.1, 0.15) is 0 Å². The van der Waals surface area contributed by atoms with Crippen molar-refractivity contribution in [3.05, 3.63) is 29.8 Å². The van der Waals surface area contributed by atoms with Crippen LogP contribution in [0.3, 0.4) is 0 Å². The third kappa shape index (κ3) is 4.75. The summed E-state index contributed by atoms with van der Waals surface area (Å²) in [5, 5.41) is 0. The van der Waals surface area contributed by atoms with E-state index in [1.54, 1.807) is 29.2 Å². The smallest absolute Gasteiger partial charge is 0.288 e. The number of rotatable bonds is 4. The van der Waals surface area contributed by atoms with Crippen molar-refractivity contribution in [2.75, 3.05) is 26.2 Å². The molecule has 0 radical (unpaired) electrons. The number of likely N-dealkylation sites (tertiary alicyclic amines) is 2. The highest BCUT2D eigenvalue weighted by Crippen LogP contribution is 2.26. The number of carbonyl (C=O) groups is 2. The maximum atomic E-state index is 12.6. The SMILES string of the molecule is O=C(c1ccc(SC(F)F)cc1)N1CCC(C(=O)N2CCCCC2)CC1. The highest BCUT2D eigenvalue weighted by atomic mass is 32.2. The number of alkyl halides is 2. The van der Waals surface area contributed by atoms with Gasteiger partial charge in [-0.2, -0.15) is 8.78 Å². The lowest BCUT2D eigenvalue weighted by molar-refractivity contribution is -0.137. The Balaban J connectivity index is 1.52. The molecule has 2 aliphatic heterocycles. The lowest BCUT2D eigenvalue weighted by Gasteiger charge is -2.35. The van der Waals surface area contributed by atoms with E-state index in [1.807, 2.05) is 4.90 Å². The van der Waals surface area contributed by atoms with Crippen LogP contribution in [0.2, 0.25) is 0 Å². The predicted molar refractivity (Wildman–Crippen MR) is 97.4 cm³/mol. The molecule has 2 saturated heterocycles. The molecule has 0 N–H and O–H groups in total. The van der Waals surface area contributed by atoms with Gasteiger partial charge >= 0.3 is 0 Å². The number of amides is 2. The first-order valence-corrected chi connectivity index (χ1v) is 10.1. The van der Waals surface area contributed by atoms with Crippen molar-refractivity contribution in [2.24, 2.45) is 5.92 Å². The molecule has 26 heavy (non-hydrogen) atoms. The summed E-state index contributed by atoms with van der Waals surface area (Å²) in [6, 6.07) is 6.30. The summed E-state index contributed by atoms with van der Waals surface area (Å²) in [5.41, 5.74) is 0.504. The molecule has 1 aromatic rings. The number of hydrogen-bond donors (Lipinski definition) is 0. The van der Waals surface area contributed by atoms with Crippen LogP contribution in [0.25, 0.3) is 0 Å². The summed E-state index contributed by atoms with van der Waals surface area (Å²) >= 11 is 0.471. The number of hydrogen-bond acceptors (Lipinski definition) is 3. The molecule has 3 rings (SSSR count). The second-order valence-electron chi connectivity index (χ2n) is 6.86. The first-order chi connectivity index (χ1) is 12.5. The highest BCUT2D eigenvalue weighted by Gasteiger charge is 2.31. The third-order valence-electron chi connectivity index (χ3n) is 5.13. The van der Waals surface area contributed by atoms with Crippen LogP contribution in [0.4, 0.5) is 8.78 Å². The Hall–Kier alpha value is -1.63. The second kappa shape index (κ2) is 8.84. The summed E-state index contributed by atoms with van der Waals surface area (Å²) in [6.45, 7) is 2.86. The zero-order chi connectivity index (χ0) is 18.5. The van der Waals surface area contributed by atoms with Crippen molar-refractivity contribution >= 4 is 23.6 Å². The molecule has 0 aliphatic carbocycles. The molecule has 0 saturated carbocycles. The Bertz CT molecular complexity index is 625. The number of benzene rings is 1. The monoisotopic (exact) mass is 382 g/mol. The maximum absolute atomic E-state index is 12.6. The minimum atomic E-state index is -2.46. The molecule has 0 bridgehead atoms. The van der Waals surface area contributed by atoms with Crippen molar-refractivity contribution in [3.8, 4) is 0 Å². The summed E-state index contributed by atoms with van der Waals surface area (Å²) < 4.78 is 24.7. The fourth-order valence-corrected chi connectivity index (χ4v) is 4.16. The van der Waals surface area contributed by atoms with E-state index in [0.29, 0.717) is 48.2 Å². The Labute approximate surface area is 156 Å². The summed E-state index contributed by atoms with van der Waals surface area (Å²) in [5.74, 6) is -2.30. The van der Waals surface area contributed by atoms with Gasteiger partial charge in [-0.3, -0.25) is 9.59 Å². The Morgan fingerprint density at radius 2 is 1.54 bits per heavy atom. The average Bonchev–Trinajstić information content (AvgIpc) is 2.68. The molecule has 4 nitrogen and oxygen atoms in total. The molecule has 2 amide bonds. The van der Waals surface area contributed by atoms with Gasteiger partial charge < -0.3 is 9.80 Å². The molecular formula is C19H24F2N2O2S. The Morgan fingerprint density at radius 3 is 2.12 bits per heavy atom. The van der Waals surface area contributed by atoms with Gasteiger partial charge in [0.05, 0.1) is 0 Å². The molecule has 0 unspecified atom stereocenters. The molecule has 142 valence electrons. The minimum Gasteiger partial charge on any atom is -0.342 e. The van der Waals surface area contributed by atoms with Crippen LogP contribution in [0.5, 0.6) is 0 Å². The molecule has 2 heterocycles. The molecular weight excluding hydrogens is 358 g/mol. The molecule has 0 spiro atoms. The Kier molecular flexibility index (Phi) is 6.51. The average molecular weight is 382 g/mol. The highest BCUT2D eigenvalue weighted by molar-refractivity contribution is 7.99. The van der Waals surface area contributed by atoms with E-state index in [0.717, 1.165) is 25.9 Å². The van der Waals surface area contributed by atoms with E-state index in [9.17, 15) is 18.4 Å². The van der Waals surface area contributed by atoms with Gasteiger partial charge in [-0.05, 0) is 56.4 Å². The van der Waals surface area contributed by atoms with E-state index >= 15 is 0 Å². The number of halogens is 2. The van der Waals surface area contributed by atoms with Gasteiger partial charge in [0.25, 0.3) is 11.7 Å². The third-order valence-corrected chi connectivity index (χ3v) is 5.85. The van der Waals surface area contributed by atoms with Crippen molar-refractivity contribution in [1.82, 2.24) is 9.80 Å². The van der Waals surface area contributed by atoms with Gasteiger partial charge in [-0.25, -0.2) is 0 Å². The summed E-state index contributed by atoms with van der Waals surface area (Å²) in [6.07, 6.45) is 4.76. The second-order valence-corrected chi connectivity index (χ2v) is 7.92. The van der Waals surface area contributed by atoms with E-state index in [-0.39, 0.29) is 17.7 Å². The largest absolute Gasteiger partial charge is 0.342 e. The van der Waals surface area contributed by atoms with Crippen LogP contribution in [-0.2, 0) is 4.79 Å². The van der Waals surface area contributed by atoms with Crippen LogP contribution in [0.15, 0.2) is 29.2 Å². The Morgan fingerprint density at radius 1 is 0.923 bits per heavy atom. The molecule has 0 aromatic heterocycles. The van der Waals surface area contributed by atoms with Crippen LogP contribution >= 0.6 is 11.8 Å². The lowest BCUT2D eigenvalue weighted by Crippen LogP contribution is -2.45. The van der Waals surface area contributed by atoms with Gasteiger partial charge in [0.15, 0.2) is 0 Å². The normalized spacial score (nSPS) is 19.0. The number of piperidine rings is 2. The standard InChI is InChI=1S/C19H24F2N2O2S/c20-19(21)26-16-6-4-14(5-7-16)17(24)23-12-8-15(9-13-23)18(25)22-10-2-1-3-11-22/h4-7,15,19H,1-3,8-13H2. The van der Waals surface area contributed by atoms with Crippen LogP contribution in [-0.4, -0.2) is 53.6 Å². The van der Waals surface area contributed by atoms with E-state index in [2.05, 4.69) is 0 Å². The zero-order valence-corrected chi connectivity index (χ0v) is 15.5. The van der Waals surface area contributed by atoms with E-state index < -0.39 is 5.76 Å². The van der Waals surface area contributed by atoms with Crippen molar-refractivity contribution in [1.29, 1.82) is 0 Å². The van der Waals surface area contributed by atoms with Gasteiger partial charge in [-0.15, -0.1) is 0 Å². The fourth-order valence-electron chi connectivity index (χ4n) is 3.66. The molecule has 2 aliphatic rings. The van der Waals surface area contributed by atoms with E-state index in [4.69, 9.17) is 0 Å². The quantitative estimate of drug-likeness (QED) is 0.743. The van der Waals surface area contributed by atoms with Gasteiger partial charge in [0, 0.05) is 42.6 Å². The molecule has 2 fully saturated rings. The number of carbonyl (C=O) groups excluding carboxylic acids is 2. The first-order valence-electron chi connectivity index (χ1n) is 9.17. The molecule has 0 atom stereocenters. The fraction of sp³-hybridized carbons (Fsp3) is 0.579. The predicted octanol–water partition coefficient (Wildman–Crippen LogP) is 3.87. The number of nitrogens with zero attached hydrogens (tertiary/aromatic N) is 2. The van der Waals surface area contributed by atoms with E-state index in [1.165, 1.54) is 6.42 Å². The van der Waals surface area contributed by atoms with Crippen LogP contribution in [0, 0.1) is 5.92 Å². The lowest BCUT2D eigenvalue weighted by atomic mass is 9.94. The van der Waals surface area contributed by atoms with Gasteiger partial charge in [0.2, 0.25) is 5.91 Å². The van der Waals surface area contributed by atoms with Crippen LogP contribution in [0.1, 0.15) is 42.5 Å². The van der Waals surface area contributed by atoms with Crippen LogP contribution < -0.4 is 0 Å². The summed E-state index contributed by atoms with van der Waals surface area (Å²) in [7, 11) is 0. The summed E-state index contributed by atoms with van der Waals surface area (Å²) in [4.78, 5) is 29.4. The first kappa shape index (κ1) is 19.1. The topological polar surface area (TPSA) is 40.6 Å². The number of thioether (sulfide) groups is 1. The molecule has 7 heteroatoms. The van der Waals surface area contributed by atoms with Crippen molar-refractivity contribution in [2.45, 2.75) is 42.8 Å². The molecule has 1 aromatic carbocycles. The zero-order valence-electron chi connectivity index (χ0n) is 14.7. The van der Waals surface area contributed by atoms with Gasteiger partial charge in [-0.1, -0.05) is 11.8 Å². The van der Waals surface area contributed by atoms with Crippen molar-refractivity contribution < 1.29 is 18.4 Å². The van der Waals surface area contributed by atoms with Crippen molar-refractivity contribution in [3.63, 3.8) is 0 Å². The maximum Gasteiger partial charge on any atom is 0.288 e.